The monoisotopic (exact) mass is 640 g/mol. The van der Waals surface area contributed by atoms with E-state index in [1.165, 1.54) is 24.3 Å². The predicted molar refractivity (Wildman–Crippen MR) is 140 cm³/mol. The second-order valence-corrected chi connectivity index (χ2v) is 12.1. The molecule has 220 valence electrons. The van der Waals surface area contributed by atoms with Gasteiger partial charge in [-0.2, -0.15) is 0 Å². The zero-order chi connectivity index (χ0) is 30.7. The van der Waals surface area contributed by atoms with Gasteiger partial charge >= 0.3 is 49.9 Å². The molecule has 14 nitrogen and oxygen atoms in total. The van der Waals surface area contributed by atoms with Crippen LogP contribution in [0.1, 0.15) is 48.4 Å². The molecule has 2 rings (SSSR count). The number of carbonyl (C=O) groups excluding carboxylic acids is 4. The van der Waals surface area contributed by atoms with Crippen LogP contribution in [0.5, 0.6) is 0 Å². The van der Waals surface area contributed by atoms with E-state index in [4.69, 9.17) is 0 Å². The maximum Gasteiger partial charge on any atom is 2.00 e. The average Bonchev–Trinajstić information content (AvgIpc) is 2.86. The fourth-order valence-corrected chi connectivity index (χ4v) is 4.79. The molecule has 0 aliphatic carbocycles. The minimum absolute atomic E-state index is 0. The number of nitrogens with one attached hydrogen (secondary N) is 2. The van der Waals surface area contributed by atoms with E-state index in [1.807, 2.05) is 0 Å². The van der Waals surface area contributed by atoms with Crippen molar-refractivity contribution in [3.05, 3.63) is 59.7 Å². The maximum atomic E-state index is 11.9. The van der Waals surface area contributed by atoms with Crippen LogP contribution in [0, 0.1) is 11.8 Å². The van der Waals surface area contributed by atoms with Crippen molar-refractivity contribution < 1.29 is 55.7 Å². The van der Waals surface area contributed by atoms with E-state index in [9.17, 15) is 46.2 Å². The molecule has 0 spiro atoms. The van der Waals surface area contributed by atoms with E-state index in [2.05, 4.69) is 9.47 Å². The van der Waals surface area contributed by atoms with E-state index in [0.717, 1.165) is 24.3 Å². The fourth-order valence-electron chi connectivity index (χ4n) is 2.61. The standard InChI is InChI=1S/2C12H15NO6S.Ca/c2*1-8(2)7-19-12(16)13-20(17,18)10-6-4-3-5-9(10)11(14)15;/h2*3-6,8H,7H2,1-2H3,(H,13,16)(H,14,15);/q;;+2/p-2. The third kappa shape index (κ3) is 13.1. The average molecular weight is 641 g/mol. The van der Waals surface area contributed by atoms with E-state index in [1.54, 1.807) is 37.1 Å². The molecular formula is C24H28CaN2O12S2. The Morgan fingerprint density at radius 3 is 1.22 bits per heavy atom. The number of ether oxygens (including phenoxy) is 2. The van der Waals surface area contributed by atoms with Gasteiger partial charge in [0.15, 0.2) is 0 Å². The normalized spacial score (nSPS) is 10.9. The predicted octanol–water partition coefficient (Wildman–Crippen LogP) is -0.139. The van der Waals surface area contributed by atoms with Gasteiger partial charge in [-0.25, -0.2) is 35.9 Å². The van der Waals surface area contributed by atoms with Crippen molar-refractivity contribution >= 4 is 81.9 Å². The molecule has 0 saturated heterocycles. The minimum Gasteiger partial charge on any atom is -0.545 e. The first-order valence-corrected chi connectivity index (χ1v) is 14.4. The molecule has 2 amide bonds. The molecule has 2 N–H and O–H groups in total. The van der Waals surface area contributed by atoms with E-state index >= 15 is 0 Å². The molecule has 0 unspecified atom stereocenters. The van der Waals surface area contributed by atoms with Gasteiger partial charge in [-0.1, -0.05) is 64.1 Å². The molecule has 41 heavy (non-hydrogen) atoms. The molecule has 0 saturated carbocycles. The minimum atomic E-state index is -4.33. The second kappa shape index (κ2) is 17.1. The largest absolute Gasteiger partial charge is 2.00 e. The van der Waals surface area contributed by atoms with Crippen LogP contribution in [0.3, 0.4) is 0 Å². The Morgan fingerprint density at radius 2 is 0.951 bits per heavy atom. The molecule has 0 radical (unpaired) electrons. The number of carbonyl (C=O) groups is 4. The van der Waals surface area contributed by atoms with Gasteiger partial charge in [0.2, 0.25) is 0 Å². The molecule has 0 fully saturated rings. The summed E-state index contributed by atoms with van der Waals surface area (Å²) in [4.78, 5) is 43.3. The summed E-state index contributed by atoms with van der Waals surface area (Å²) in [6, 6.07) is 9.63. The summed E-state index contributed by atoms with van der Waals surface area (Å²) in [7, 11) is -8.66. The molecule has 2 aromatic rings. The number of carboxylic acids is 2. The van der Waals surface area contributed by atoms with E-state index in [-0.39, 0.29) is 62.8 Å². The summed E-state index contributed by atoms with van der Waals surface area (Å²) in [5.41, 5.74) is -1.06. The maximum absolute atomic E-state index is 11.9. The first-order valence-electron chi connectivity index (χ1n) is 11.5. The molecule has 2 aromatic carbocycles. The summed E-state index contributed by atoms with van der Waals surface area (Å²) < 4.78 is 60.3. The van der Waals surface area contributed by atoms with Crippen molar-refractivity contribution in [2.45, 2.75) is 37.5 Å². The summed E-state index contributed by atoms with van der Waals surface area (Å²) in [5.74, 6) is -3.22. The SMILES string of the molecule is CC(C)COC(=O)NS(=O)(=O)c1ccccc1C(=O)[O-].CC(C)COC(=O)NS(=O)(=O)c1ccccc1C(=O)[O-].[Ca+2]. The zero-order valence-electron chi connectivity index (χ0n) is 22.6. The topological polar surface area (TPSA) is 225 Å². The van der Waals surface area contributed by atoms with Gasteiger partial charge in [-0.3, -0.25) is 0 Å². The van der Waals surface area contributed by atoms with Crippen LogP contribution in [0.15, 0.2) is 58.3 Å². The molecule has 17 heteroatoms. The Kier molecular flexibility index (Phi) is 15.9. The summed E-state index contributed by atoms with van der Waals surface area (Å²) >= 11 is 0. The first-order chi connectivity index (χ1) is 18.5. The zero-order valence-corrected chi connectivity index (χ0v) is 26.5. The van der Waals surface area contributed by atoms with Gasteiger partial charge in [0.05, 0.1) is 34.9 Å². The van der Waals surface area contributed by atoms with Crippen LogP contribution in [-0.2, 0) is 29.5 Å². The molecule has 0 aliphatic rings. The Morgan fingerprint density at radius 1 is 0.659 bits per heavy atom. The smallest absolute Gasteiger partial charge is 0.545 e. The van der Waals surface area contributed by atoms with Crippen molar-refractivity contribution in [3.8, 4) is 0 Å². The van der Waals surface area contributed by atoms with Crippen molar-refractivity contribution in [1.82, 2.24) is 9.44 Å². The second-order valence-electron chi connectivity index (χ2n) is 8.76. The Bertz CT molecular complexity index is 1330. The quantitative estimate of drug-likeness (QED) is 0.324. The van der Waals surface area contributed by atoms with Crippen LogP contribution in [0.25, 0.3) is 0 Å². The van der Waals surface area contributed by atoms with Gasteiger partial charge in [-0.05, 0) is 24.0 Å². The summed E-state index contributed by atoms with van der Waals surface area (Å²) in [5, 5.41) is 21.7. The summed E-state index contributed by atoms with van der Waals surface area (Å²) in [6.07, 6.45) is -2.32. The van der Waals surface area contributed by atoms with Crippen molar-refractivity contribution in [1.29, 1.82) is 0 Å². The number of hydrogen-bond acceptors (Lipinski definition) is 12. The van der Waals surface area contributed by atoms with Crippen molar-refractivity contribution in [2.24, 2.45) is 11.8 Å². The number of amides is 2. The Balaban J connectivity index is 0.000000762. The molecule has 0 atom stereocenters. The van der Waals surface area contributed by atoms with E-state index in [0.29, 0.717) is 0 Å². The molecule has 0 heterocycles. The number of aromatic carboxylic acids is 2. The van der Waals surface area contributed by atoms with Gasteiger partial charge < -0.3 is 29.3 Å². The van der Waals surface area contributed by atoms with Crippen LogP contribution in [-0.4, -0.2) is 91.9 Å². The van der Waals surface area contributed by atoms with Gasteiger partial charge in [0.1, 0.15) is 0 Å². The van der Waals surface area contributed by atoms with Crippen molar-refractivity contribution in [2.75, 3.05) is 13.2 Å². The molecular weight excluding hydrogens is 612 g/mol. The number of hydrogen-bond donors (Lipinski definition) is 2. The van der Waals surface area contributed by atoms with Crippen LogP contribution < -0.4 is 19.7 Å². The number of carboxylic acid groups (broad SMARTS) is 2. The van der Waals surface area contributed by atoms with Gasteiger partial charge in [0.25, 0.3) is 20.0 Å². The third-order valence-electron chi connectivity index (χ3n) is 4.32. The Hall–Kier alpha value is -2.92. The third-order valence-corrected chi connectivity index (χ3v) is 7.06. The van der Waals surface area contributed by atoms with Crippen molar-refractivity contribution in [3.63, 3.8) is 0 Å². The molecule has 0 aromatic heterocycles. The van der Waals surface area contributed by atoms with Crippen LogP contribution in [0.4, 0.5) is 9.59 Å². The number of sulfonamides is 2. The Labute approximate surface area is 267 Å². The molecule has 0 bridgehead atoms. The summed E-state index contributed by atoms with van der Waals surface area (Å²) in [6.45, 7) is 7.23. The number of benzene rings is 2. The van der Waals surface area contributed by atoms with Gasteiger partial charge in [0, 0.05) is 11.1 Å². The number of rotatable bonds is 10. The van der Waals surface area contributed by atoms with E-state index < -0.39 is 65.1 Å². The fraction of sp³-hybridized carbons (Fsp3) is 0.333. The van der Waals surface area contributed by atoms with Crippen LogP contribution >= 0.6 is 0 Å². The van der Waals surface area contributed by atoms with Crippen LogP contribution in [0.2, 0.25) is 0 Å². The molecule has 0 aliphatic heterocycles. The first kappa shape index (κ1) is 38.1. The van der Waals surface area contributed by atoms with Gasteiger partial charge in [-0.15, -0.1) is 0 Å².